The van der Waals surface area contributed by atoms with Gasteiger partial charge in [0.2, 0.25) is 0 Å². The topological polar surface area (TPSA) is 65.0 Å². The summed E-state index contributed by atoms with van der Waals surface area (Å²) < 4.78 is 17.5. The molecule has 0 radical (unpaired) electrons. The summed E-state index contributed by atoms with van der Waals surface area (Å²) in [5, 5.41) is 9.29. The quantitative estimate of drug-likeness (QED) is 0.348. The summed E-state index contributed by atoms with van der Waals surface area (Å²) in [6, 6.07) is 17.9. The molecule has 1 aliphatic heterocycles. The molecule has 1 unspecified atom stereocenters. The van der Waals surface area contributed by atoms with Crippen molar-refractivity contribution >= 4 is 17.7 Å². The maximum absolute atomic E-state index is 11.3. The summed E-state index contributed by atoms with van der Waals surface area (Å²) in [7, 11) is 0. The summed E-state index contributed by atoms with van der Waals surface area (Å²) in [4.78, 5) is 11.3. The molecule has 4 rings (SSSR count). The van der Waals surface area contributed by atoms with Crippen molar-refractivity contribution in [2.75, 3.05) is 24.7 Å². The van der Waals surface area contributed by atoms with Crippen LogP contribution in [0.4, 0.5) is 0 Å². The molecular formula is C28H30O5S. The lowest BCUT2D eigenvalue weighted by Crippen LogP contribution is -2.12. The Morgan fingerprint density at radius 1 is 1.06 bits per heavy atom. The van der Waals surface area contributed by atoms with E-state index in [2.05, 4.69) is 45.0 Å². The second-order valence-corrected chi connectivity index (χ2v) is 9.76. The van der Waals surface area contributed by atoms with Crippen LogP contribution < -0.4 is 14.2 Å². The van der Waals surface area contributed by atoms with Gasteiger partial charge < -0.3 is 19.3 Å². The molecule has 0 saturated heterocycles. The number of aliphatic carboxylic acids is 1. The van der Waals surface area contributed by atoms with Crippen molar-refractivity contribution in [1.82, 2.24) is 0 Å². The van der Waals surface area contributed by atoms with E-state index in [9.17, 15) is 9.90 Å². The van der Waals surface area contributed by atoms with Gasteiger partial charge in [-0.25, -0.2) is 0 Å². The molecule has 6 heteroatoms. The van der Waals surface area contributed by atoms with Crippen LogP contribution in [0.5, 0.6) is 17.2 Å². The minimum absolute atomic E-state index is 0.163. The Labute approximate surface area is 205 Å². The fourth-order valence-electron chi connectivity index (χ4n) is 4.29. The monoisotopic (exact) mass is 478 g/mol. The van der Waals surface area contributed by atoms with Gasteiger partial charge in [0.25, 0.3) is 0 Å². The molecule has 0 aliphatic carbocycles. The highest BCUT2D eigenvalue weighted by atomic mass is 32.2. The van der Waals surface area contributed by atoms with Gasteiger partial charge in [-0.1, -0.05) is 31.2 Å². The highest BCUT2D eigenvalue weighted by molar-refractivity contribution is 7.99. The van der Waals surface area contributed by atoms with Gasteiger partial charge in [-0.05, 0) is 71.7 Å². The molecule has 0 aromatic heterocycles. The van der Waals surface area contributed by atoms with Crippen LogP contribution in [0, 0.1) is 13.8 Å². The molecule has 1 N–H and O–H groups in total. The predicted molar refractivity (Wildman–Crippen MR) is 136 cm³/mol. The molecule has 1 heterocycles. The number of benzene rings is 3. The number of aryl methyl sites for hydroxylation is 2. The van der Waals surface area contributed by atoms with Gasteiger partial charge in [0.15, 0.2) is 0 Å². The SMILES string of the molecule is CCSCCOc1cc(C)c(-c2cccc(COc3ccc4c(c3)OCC4C(=O)O)c2)c(C)c1. The number of carboxylic acid groups (broad SMARTS) is 1. The van der Waals surface area contributed by atoms with Crippen molar-refractivity contribution < 1.29 is 24.1 Å². The molecule has 1 atom stereocenters. The summed E-state index contributed by atoms with van der Waals surface area (Å²) in [6.45, 7) is 7.68. The van der Waals surface area contributed by atoms with Crippen LogP contribution in [0.2, 0.25) is 0 Å². The first-order valence-corrected chi connectivity index (χ1v) is 12.6. The van der Waals surface area contributed by atoms with Crippen LogP contribution in [-0.4, -0.2) is 35.8 Å². The molecule has 0 bridgehead atoms. The number of carboxylic acids is 1. The lowest BCUT2D eigenvalue weighted by Gasteiger charge is -2.15. The number of hydrogen-bond donors (Lipinski definition) is 1. The van der Waals surface area contributed by atoms with Crippen LogP contribution in [0.1, 0.15) is 35.1 Å². The molecule has 0 spiro atoms. The van der Waals surface area contributed by atoms with Crippen LogP contribution in [0.25, 0.3) is 11.1 Å². The molecule has 0 saturated carbocycles. The van der Waals surface area contributed by atoms with Crippen molar-refractivity contribution in [2.24, 2.45) is 0 Å². The van der Waals surface area contributed by atoms with E-state index < -0.39 is 11.9 Å². The zero-order chi connectivity index (χ0) is 24.1. The molecular weight excluding hydrogens is 448 g/mol. The van der Waals surface area contributed by atoms with Crippen LogP contribution in [0.15, 0.2) is 54.6 Å². The average molecular weight is 479 g/mol. The fraction of sp³-hybridized carbons (Fsp3) is 0.321. The third-order valence-corrected chi connectivity index (χ3v) is 6.76. The van der Waals surface area contributed by atoms with Crippen molar-refractivity contribution in [3.8, 4) is 28.4 Å². The van der Waals surface area contributed by atoms with E-state index in [0.717, 1.165) is 28.4 Å². The molecule has 1 aliphatic rings. The third-order valence-electron chi connectivity index (χ3n) is 5.89. The van der Waals surface area contributed by atoms with E-state index in [-0.39, 0.29) is 6.61 Å². The Kier molecular flexibility index (Phi) is 7.68. The smallest absolute Gasteiger partial charge is 0.314 e. The third kappa shape index (κ3) is 5.50. The number of ether oxygens (including phenoxy) is 3. The number of rotatable bonds is 10. The highest BCUT2D eigenvalue weighted by Crippen LogP contribution is 2.37. The van der Waals surface area contributed by atoms with Gasteiger partial charge in [0.1, 0.15) is 36.4 Å². The first-order valence-electron chi connectivity index (χ1n) is 11.5. The van der Waals surface area contributed by atoms with Gasteiger partial charge >= 0.3 is 5.97 Å². The minimum Gasteiger partial charge on any atom is -0.493 e. The van der Waals surface area contributed by atoms with E-state index in [0.29, 0.717) is 30.3 Å². The number of hydrogen-bond acceptors (Lipinski definition) is 5. The van der Waals surface area contributed by atoms with E-state index in [1.165, 1.54) is 16.7 Å². The zero-order valence-electron chi connectivity index (χ0n) is 19.8. The van der Waals surface area contributed by atoms with Gasteiger partial charge in [0.05, 0.1) is 6.61 Å². The Morgan fingerprint density at radius 3 is 2.59 bits per heavy atom. The summed E-state index contributed by atoms with van der Waals surface area (Å²) in [5.74, 6) is 2.77. The minimum atomic E-state index is -0.870. The maximum Gasteiger partial charge on any atom is 0.314 e. The summed E-state index contributed by atoms with van der Waals surface area (Å²) >= 11 is 1.88. The van der Waals surface area contributed by atoms with Gasteiger partial charge in [-0.15, -0.1) is 0 Å². The predicted octanol–water partition coefficient (Wildman–Crippen LogP) is 6.24. The molecule has 34 heavy (non-hydrogen) atoms. The number of fused-ring (bicyclic) bond motifs is 1. The van der Waals surface area contributed by atoms with Gasteiger partial charge in [0, 0.05) is 17.4 Å². The first-order chi connectivity index (χ1) is 16.5. The molecule has 5 nitrogen and oxygen atoms in total. The average Bonchev–Trinajstić information content (AvgIpc) is 3.24. The first kappa shape index (κ1) is 24.0. The second-order valence-electron chi connectivity index (χ2n) is 8.37. The zero-order valence-corrected chi connectivity index (χ0v) is 20.6. The molecule has 0 amide bonds. The van der Waals surface area contributed by atoms with Crippen molar-refractivity contribution in [3.05, 3.63) is 76.9 Å². The Bertz CT molecular complexity index is 1150. The lowest BCUT2D eigenvalue weighted by atomic mass is 9.94. The largest absolute Gasteiger partial charge is 0.493 e. The van der Waals surface area contributed by atoms with E-state index in [1.807, 2.05) is 23.9 Å². The molecule has 3 aromatic carbocycles. The molecule has 178 valence electrons. The van der Waals surface area contributed by atoms with Crippen molar-refractivity contribution in [3.63, 3.8) is 0 Å². The normalized spacial score (nSPS) is 14.4. The van der Waals surface area contributed by atoms with E-state index in [1.54, 1.807) is 18.2 Å². The van der Waals surface area contributed by atoms with Crippen molar-refractivity contribution in [2.45, 2.75) is 33.3 Å². The van der Waals surface area contributed by atoms with Gasteiger partial charge in [-0.2, -0.15) is 11.8 Å². The molecule has 0 fully saturated rings. The summed E-state index contributed by atoms with van der Waals surface area (Å²) in [6.07, 6.45) is 0. The lowest BCUT2D eigenvalue weighted by molar-refractivity contribution is -0.138. The maximum atomic E-state index is 11.3. The fourth-order valence-corrected chi connectivity index (χ4v) is 4.78. The number of thioether (sulfide) groups is 1. The summed E-state index contributed by atoms with van der Waals surface area (Å²) in [5.41, 5.74) is 6.47. The number of carbonyl (C=O) groups is 1. The Hall–Kier alpha value is -3.12. The standard InChI is InChI=1S/C28H30O5S/c1-4-34-11-10-31-23-12-18(2)27(19(3)13-23)21-7-5-6-20(14-21)16-32-22-8-9-24-25(28(29)30)17-33-26(24)15-22/h5-9,12-15,25H,4,10-11,16-17H2,1-3H3,(H,29,30). The highest BCUT2D eigenvalue weighted by Gasteiger charge is 2.30. The van der Waals surface area contributed by atoms with E-state index in [4.69, 9.17) is 14.2 Å². The Balaban J connectivity index is 1.45. The van der Waals surface area contributed by atoms with Crippen LogP contribution in [0.3, 0.4) is 0 Å². The van der Waals surface area contributed by atoms with Crippen molar-refractivity contribution in [1.29, 1.82) is 0 Å². The van der Waals surface area contributed by atoms with Gasteiger partial charge in [-0.3, -0.25) is 4.79 Å². The van der Waals surface area contributed by atoms with E-state index >= 15 is 0 Å². The van der Waals surface area contributed by atoms with Crippen LogP contribution >= 0.6 is 11.8 Å². The second kappa shape index (κ2) is 10.9. The Morgan fingerprint density at radius 2 is 1.85 bits per heavy atom. The van der Waals surface area contributed by atoms with Crippen LogP contribution in [-0.2, 0) is 11.4 Å². The molecule has 3 aromatic rings.